The summed E-state index contributed by atoms with van der Waals surface area (Å²) in [5, 5.41) is 5.22. The number of benzene rings is 1. The Bertz CT molecular complexity index is 380. The maximum atomic E-state index is 5.72. The molecular weight excluding hydrogens is 270 g/mol. The summed E-state index contributed by atoms with van der Waals surface area (Å²) in [6, 6.07) is 10.5. The van der Waals surface area contributed by atoms with Gasteiger partial charge in [-0.25, -0.2) is 4.28 Å². The summed E-state index contributed by atoms with van der Waals surface area (Å²) in [6.45, 7) is 7.51. The van der Waals surface area contributed by atoms with Crippen LogP contribution < -0.4 is 9.62 Å². The SMILES string of the molecule is CNC(CN(C)OSN(C)c1ccccc1)C(C)(C)C. The quantitative estimate of drug-likeness (QED) is 0.474. The largest absolute Gasteiger partial charge is 0.315 e. The van der Waals surface area contributed by atoms with Gasteiger partial charge in [0.25, 0.3) is 0 Å². The van der Waals surface area contributed by atoms with Gasteiger partial charge in [0, 0.05) is 32.4 Å². The second kappa shape index (κ2) is 7.88. The number of likely N-dealkylation sites (N-methyl/N-ethyl adjacent to an activating group) is 2. The van der Waals surface area contributed by atoms with E-state index in [0.29, 0.717) is 6.04 Å². The third-order valence-electron chi connectivity index (χ3n) is 3.23. The summed E-state index contributed by atoms with van der Waals surface area (Å²) >= 11 is 1.33. The first-order chi connectivity index (χ1) is 9.34. The van der Waals surface area contributed by atoms with Gasteiger partial charge in [0.05, 0.1) is 0 Å². The van der Waals surface area contributed by atoms with E-state index in [1.165, 1.54) is 12.2 Å². The molecule has 1 atom stereocenters. The van der Waals surface area contributed by atoms with Crippen molar-refractivity contribution >= 4 is 17.9 Å². The van der Waals surface area contributed by atoms with Crippen LogP contribution in [0.5, 0.6) is 0 Å². The van der Waals surface area contributed by atoms with Gasteiger partial charge in [-0.05, 0) is 24.6 Å². The summed E-state index contributed by atoms with van der Waals surface area (Å²) < 4.78 is 7.72. The standard InChI is InChI=1S/C15H27N3OS/c1-15(2,3)14(16-4)12-17(5)19-20-18(6)13-10-8-7-9-11-13/h7-11,14,16H,12H2,1-6H3. The molecule has 0 amide bonds. The van der Waals surface area contributed by atoms with Crippen LogP contribution in [0, 0.1) is 5.41 Å². The molecule has 0 saturated heterocycles. The highest BCUT2D eigenvalue weighted by Crippen LogP contribution is 2.23. The maximum absolute atomic E-state index is 5.72. The normalized spacial score (nSPS) is 13.6. The number of nitrogens with one attached hydrogen (secondary N) is 1. The molecule has 20 heavy (non-hydrogen) atoms. The molecule has 114 valence electrons. The van der Waals surface area contributed by atoms with E-state index in [9.17, 15) is 0 Å². The van der Waals surface area contributed by atoms with Gasteiger partial charge >= 0.3 is 0 Å². The van der Waals surface area contributed by atoms with Crippen LogP contribution in [0.3, 0.4) is 0 Å². The molecule has 0 bridgehead atoms. The van der Waals surface area contributed by atoms with Crippen LogP contribution >= 0.6 is 12.2 Å². The van der Waals surface area contributed by atoms with Gasteiger partial charge in [-0.3, -0.25) is 4.31 Å². The molecule has 1 aromatic carbocycles. The molecule has 0 fully saturated rings. The molecule has 0 aliphatic heterocycles. The van der Waals surface area contributed by atoms with Crippen molar-refractivity contribution in [2.45, 2.75) is 26.8 Å². The number of hydrogen-bond acceptors (Lipinski definition) is 5. The van der Waals surface area contributed by atoms with Crippen LogP contribution in [-0.4, -0.2) is 38.8 Å². The van der Waals surface area contributed by atoms with Crippen LogP contribution in [0.4, 0.5) is 5.69 Å². The molecule has 5 heteroatoms. The molecule has 0 spiro atoms. The molecule has 4 nitrogen and oxygen atoms in total. The van der Waals surface area contributed by atoms with E-state index in [1.807, 2.05) is 48.7 Å². The van der Waals surface area contributed by atoms with Crippen molar-refractivity contribution in [1.29, 1.82) is 0 Å². The van der Waals surface area contributed by atoms with Gasteiger partial charge in [-0.1, -0.05) is 39.0 Å². The molecular formula is C15H27N3OS. The third-order valence-corrected chi connectivity index (χ3v) is 3.98. The molecule has 0 aliphatic rings. The summed E-state index contributed by atoms with van der Waals surface area (Å²) in [5.74, 6) is 0. The minimum absolute atomic E-state index is 0.197. The fourth-order valence-electron chi connectivity index (χ4n) is 1.87. The lowest BCUT2D eigenvalue weighted by Gasteiger charge is -2.33. The second-order valence-electron chi connectivity index (χ2n) is 6.00. The number of hydrogen-bond donors (Lipinski definition) is 1. The zero-order valence-corrected chi connectivity index (χ0v) is 14.2. The van der Waals surface area contributed by atoms with Crippen molar-refractivity contribution in [2.24, 2.45) is 5.41 Å². The van der Waals surface area contributed by atoms with Crippen LogP contribution in [-0.2, 0) is 4.28 Å². The van der Waals surface area contributed by atoms with Crippen molar-refractivity contribution in [1.82, 2.24) is 10.4 Å². The lowest BCUT2D eigenvalue weighted by Crippen LogP contribution is -2.45. The van der Waals surface area contributed by atoms with Crippen molar-refractivity contribution in [3.8, 4) is 0 Å². The average molecular weight is 297 g/mol. The molecule has 0 saturated carbocycles. The first-order valence-electron chi connectivity index (χ1n) is 6.86. The van der Waals surface area contributed by atoms with Gasteiger partial charge in [-0.15, -0.1) is 0 Å². The highest BCUT2D eigenvalue weighted by molar-refractivity contribution is 7.96. The van der Waals surface area contributed by atoms with E-state index >= 15 is 0 Å². The predicted octanol–water partition coefficient (Wildman–Crippen LogP) is 3.18. The predicted molar refractivity (Wildman–Crippen MR) is 88.5 cm³/mol. The number of rotatable bonds is 7. The van der Waals surface area contributed by atoms with Gasteiger partial charge in [0.2, 0.25) is 0 Å². The zero-order valence-electron chi connectivity index (χ0n) is 13.4. The first-order valence-corrected chi connectivity index (χ1v) is 7.56. The number of para-hydroxylation sites is 1. The Balaban J connectivity index is 2.41. The summed E-state index contributed by atoms with van der Waals surface area (Å²) in [7, 11) is 5.95. The van der Waals surface area contributed by atoms with Crippen molar-refractivity contribution in [2.75, 3.05) is 32.0 Å². The maximum Gasteiger partial charge on any atom is 0.135 e. The Kier molecular flexibility index (Phi) is 6.82. The zero-order chi connectivity index (χ0) is 15.2. The average Bonchev–Trinajstić information content (AvgIpc) is 2.41. The van der Waals surface area contributed by atoms with E-state index in [2.05, 4.69) is 38.2 Å². The molecule has 0 radical (unpaired) electrons. The van der Waals surface area contributed by atoms with Crippen molar-refractivity contribution < 1.29 is 4.28 Å². The fraction of sp³-hybridized carbons (Fsp3) is 0.600. The van der Waals surface area contributed by atoms with E-state index in [0.717, 1.165) is 12.2 Å². The molecule has 1 unspecified atom stereocenters. The lowest BCUT2D eigenvalue weighted by molar-refractivity contribution is -0.0271. The second-order valence-corrected chi connectivity index (χ2v) is 6.85. The van der Waals surface area contributed by atoms with Gasteiger partial charge in [0.15, 0.2) is 0 Å². The minimum Gasteiger partial charge on any atom is -0.315 e. The highest BCUT2D eigenvalue weighted by Gasteiger charge is 2.24. The number of hydroxylamine groups is 2. The number of anilines is 1. The van der Waals surface area contributed by atoms with Crippen LogP contribution in [0.15, 0.2) is 30.3 Å². The third kappa shape index (κ3) is 5.71. The summed E-state index contributed by atoms with van der Waals surface area (Å²) in [4.78, 5) is 0. The van der Waals surface area contributed by atoms with Crippen LogP contribution in [0.2, 0.25) is 0 Å². The highest BCUT2D eigenvalue weighted by atomic mass is 32.2. The Morgan fingerprint density at radius 1 is 1.20 bits per heavy atom. The molecule has 0 aromatic heterocycles. The minimum atomic E-state index is 0.197. The van der Waals surface area contributed by atoms with Crippen molar-refractivity contribution in [3.05, 3.63) is 30.3 Å². The fourth-order valence-corrected chi connectivity index (χ4v) is 2.36. The molecule has 1 N–H and O–H groups in total. The molecule has 0 aliphatic carbocycles. The Morgan fingerprint density at radius 2 is 1.80 bits per heavy atom. The van der Waals surface area contributed by atoms with Gasteiger partial charge in [0.1, 0.15) is 12.2 Å². The Morgan fingerprint density at radius 3 is 2.30 bits per heavy atom. The molecule has 0 heterocycles. The Hall–Kier alpha value is -0.750. The van der Waals surface area contributed by atoms with Gasteiger partial charge in [-0.2, -0.15) is 5.06 Å². The van der Waals surface area contributed by atoms with Crippen LogP contribution in [0.25, 0.3) is 0 Å². The summed E-state index contributed by atoms with van der Waals surface area (Å²) in [6.07, 6.45) is 0. The smallest absolute Gasteiger partial charge is 0.135 e. The Labute approximate surface area is 127 Å². The lowest BCUT2D eigenvalue weighted by atomic mass is 9.87. The van der Waals surface area contributed by atoms with E-state index in [1.54, 1.807) is 0 Å². The monoisotopic (exact) mass is 297 g/mol. The van der Waals surface area contributed by atoms with Gasteiger partial charge < -0.3 is 5.32 Å². The topological polar surface area (TPSA) is 27.7 Å². The van der Waals surface area contributed by atoms with Crippen LogP contribution in [0.1, 0.15) is 20.8 Å². The van der Waals surface area contributed by atoms with E-state index in [4.69, 9.17) is 4.28 Å². The molecule has 1 aromatic rings. The summed E-state index contributed by atoms with van der Waals surface area (Å²) in [5.41, 5.74) is 1.31. The van der Waals surface area contributed by atoms with E-state index < -0.39 is 0 Å². The first kappa shape index (κ1) is 17.3. The molecule has 1 rings (SSSR count). The number of nitrogens with zero attached hydrogens (tertiary/aromatic N) is 2. The van der Waals surface area contributed by atoms with Crippen molar-refractivity contribution in [3.63, 3.8) is 0 Å². The van der Waals surface area contributed by atoms with E-state index in [-0.39, 0.29) is 5.41 Å².